The number of ketones is 1. The maximum Gasteiger partial charge on any atom is 0.230 e. The number of pyridine rings is 1. The molecule has 5 nitrogen and oxygen atoms in total. The van der Waals surface area contributed by atoms with Gasteiger partial charge < -0.3 is 4.52 Å². The number of hydrogen-bond acceptors (Lipinski definition) is 5. The molecule has 2 aromatic heterocycles. The zero-order chi connectivity index (χ0) is 13.2. The van der Waals surface area contributed by atoms with Crippen LogP contribution in [0.2, 0.25) is 0 Å². The van der Waals surface area contributed by atoms with Crippen molar-refractivity contribution < 1.29 is 9.32 Å². The Morgan fingerprint density at radius 3 is 2.84 bits per heavy atom. The number of hydrogen-bond donors (Lipinski definition) is 0. The molecular formula is C14H15N3O2. The van der Waals surface area contributed by atoms with E-state index < -0.39 is 0 Å². The standard InChI is InChI=1S/C14H15N3O2/c1-9-8-11(18)2-3-12(9)14-16-13(17-19-14)10-4-6-15-7-5-10/h4-7,9,12H,2-3,8H2,1H3/t9-,12-/m0/s1. The SMILES string of the molecule is C[C@H]1CC(=O)CC[C@@H]1c1nc(-c2ccncc2)no1. The zero-order valence-electron chi connectivity index (χ0n) is 10.7. The normalized spacial score (nSPS) is 23.5. The van der Waals surface area contributed by atoms with Crippen LogP contribution in [0.25, 0.3) is 11.4 Å². The van der Waals surface area contributed by atoms with E-state index in [-0.39, 0.29) is 11.8 Å². The first-order chi connectivity index (χ1) is 9.24. The minimum atomic E-state index is 0.195. The molecule has 0 unspecified atom stereocenters. The lowest BCUT2D eigenvalue weighted by Gasteiger charge is -2.24. The highest BCUT2D eigenvalue weighted by Gasteiger charge is 2.31. The Morgan fingerprint density at radius 1 is 1.32 bits per heavy atom. The van der Waals surface area contributed by atoms with Gasteiger partial charge in [-0.1, -0.05) is 12.1 Å². The highest BCUT2D eigenvalue weighted by molar-refractivity contribution is 5.79. The Morgan fingerprint density at radius 2 is 2.11 bits per heavy atom. The number of nitrogens with zero attached hydrogens (tertiary/aromatic N) is 3. The van der Waals surface area contributed by atoms with Crippen molar-refractivity contribution in [2.45, 2.75) is 32.1 Å². The molecule has 0 saturated heterocycles. The van der Waals surface area contributed by atoms with E-state index in [1.807, 2.05) is 12.1 Å². The summed E-state index contributed by atoms with van der Waals surface area (Å²) in [5, 5.41) is 4.02. The predicted octanol–water partition coefficient (Wildman–Crippen LogP) is 2.60. The molecule has 19 heavy (non-hydrogen) atoms. The van der Waals surface area contributed by atoms with Crippen LogP contribution in [-0.2, 0) is 4.79 Å². The molecule has 1 aliphatic rings. The van der Waals surface area contributed by atoms with Gasteiger partial charge in [0.15, 0.2) is 0 Å². The molecule has 0 amide bonds. The Kier molecular flexibility index (Phi) is 3.11. The predicted molar refractivity (Wildman–Crippen MR) is 68.3 cm³/mol. The summed E-state index contributed by atoms with van der Waals surface area (Å²) in [6.07, 6.45) is 5.43. The molecule has 2 atom stereocenters. The molecule has 2 aromatic rings. The van der Waals surface area contributed by atoms with Gasteiger partial charge in [0.25, 0.3) is 0 Å². The van der Waals surface area contributed by atoms with E-state index in [9.17, 15) is 4.79 Å². The van der Waals surface area contributed by atoms with Crippen molar-refractivity contribution in [3.63, 3.8) is 0 Å². The quantitative estimate of drug-likeness (QED) is 0.827. The van der Waals surface area contributed by atoms with E-state index in [2.05, 4.69) is 22.0 Å². The van der Waals surface area contributed by atoms with E-state index in [1.165, 1.54) is 0 Å². The number of Topliss-reactive ketones (excluding diaryl/α,β-unsaturated/α-hetero) is 1. The van der Waals surface area contributed by atoms with Crippen molar-refractivity contribution in [2.24, 2.45) is 5.92 Å². The molecule has 0 spiro atoms. The first-order valence-corrected chi connectivity index (χ1v) is 6.50. The maximum atomic E-state index is 11.4. The van der Waals surface area contributed by atoms with Crippen LogP contribution in [0.5, 0.6) is 0 Å². The highest BCUT2D eigenvalue weighted by atomic mass is 16.5. The van der Waals surface area contributed by atoms with Crippen LogP contribution in [0.3, 0.4) is 0 Å². The van der Waals surface area contributed by atoms with Gasteiger partial charge >= 0.3 is 0 Å². The second kappa shape index (κ2) is 4.91. The molecule has 98 valence electrons. The van der Waals surface area contributed by atoms with Crippen molar-refractivity contribution in [1.29, 1.82) is 0 Å². The molecule has 0 aromatic carbocycles. The molecule has 3 rings (SSSR count). The first-order valence-electron chi connectivity index (χ1n) is 6.50. The molecule has 2 heterocycles. The van der Waals surface area contributed by atoms with Crippen molar-refractivity contribution in [3.8, 4) is 11.4 Å². The van der Waals surface area contributed by atoms with Crippen LogP contribution < -0.4 is 0 Å². The summed E-state index contributed by atoms with van der Waals surface area (Å²) in [6.45, 7) is 2.07. The van der Waals surface area contributed by atoms with E-state index in [1.54, 1.807) is 12.4 Å². The zero-order valence-corrected chi connectivity index (χ0v) is 10.7. The van der Waals surface area contributed by atoms with E-state index in [0.717, 1.165) is 12.0 Å². The molecule has 5 heteroatoms. The highest BCUT2D eigenvalue weighted by Crippen LogP contribution is 2.35. The van der Waals surface area contributed by atoms with Crippen LogP contribution in [0.4, 0.5) is 0 Å². The molecule has 0 radical (unpaired) electrons. The lowest BCUT2D eigenvalue weighted by Crippen LogP contribution is -2.21. The fourth-order valence-corrected chi connectivity index (χ4v) is 2.58. The summed E-state index contributed by atoms with van der Waals surface area (Å²) < 4.78 is 5.37. The summed E-state index contributed by atoms with van der Waals surface area (Å²) in [6, 6.07) is 3.70. The third-order valence-electron chi connectivity index (χ3n) is 3.67. The Balaban J connectivity index is 1.84. The number of carbonyl (C=O) groups is 1. The van der Waals surface area contributed by atoms with Gasteiger partial charge in [0.2, 0.25) is 11.7 Å². The van der Waals surface area contributed by atoms with Gasteiger partial charge in [0.05, 0.1) is 0 Å². The molecular weight excluding hydrogens is 242 g/mol. The van der Waals surface area contributed by atoms with Crippen molar-refractivity contribution in [3.05, 3.63) is 30.4 Å². The molecule has 1 fully saturated rings. The van der Waals surface area contributed by atoms with Crippen molar-refractivity contribution >= 4 is 5.78 Å². The number of carbonyl (C=O) groups excluding carboxylic acids is 1. The summed E-state index contributed by atoms with van der Waals surface area (Å²) in [5.41, 5.74) is 0.893. The van der Waals surface area contributed by atoms with Crippen LogP contribution >= 0.6 is 0 Å². The van der Waals surface area contributed by atoms with E-state index in [4.69, 9.17) is 4.52 Å². The van der Waals surface area contributed by atoms with Gasteiger partial charge in [-0.2, -0.15) is 4.98 Å². The van der Waals surface area contributed by atoms with Gasteiger partial charge in [-0.05, 0) is 24.5 Å². The third-order valence-corrected chi connectivity index (χ3v) is 3.67. The van der Waals surface area contributed by atoms with Gasteiger partial charge in [-0.15, -0.1) is 0 Å². The van der Waals surface area contributed by atoms with Crippen LogP contribution in [-0.4, -0.2) is 20.9 Å². The van der Waals surface area contributed by atoms with Crippen molar-refractivity contribution in [1.82, 2.24) is 15.1 Å². The van der Waals surface area contributed by atoms with Gasteiger partial charge in [-0.25, -0.2) is 0 Å². The molecule has 0 N–H and O–H groups in total. The Bertz CT molecular complexity index is 579. The molecule has 1 aliphatic carbocycles. The van der Waals surface area contributed by atoms with E-state index >= 15 is 0 Å². The fourth-order valence-electron chi connectivity index (χ4n) is 2.58. The van der Waals surface area contributed by atoms with Crippen LogP contribution in [0.1, 0.15) is 38.0 Å². The minimum Gasteiger partial charge on any atom is -0.339 e. The van der Waals surface area contributed by atoms with E-state index in [0.29, 0.717) is 30.3 Å². The number of aromatic nitrogens is 3. The van der Waals surface area contributed by atoms with Gasteiger partial charge in [-0.3, -0.25) is 9.78 Å². The maximum absolute atomic E-state index is 11.4. The van der Waals surface area contributed by atoms with Crippen LogP contribution in [0.15, 0.2) is 29.0 Å². The Hall–Kier alpha value is -2.04. The number of rotatable bonds is 2. The van der Waals surface area contributed by atoms with Gasteiger partial charge in [0, 0.05) is 36.7 Å². The molecule has 0 aliphatic heterocycles. The van der Waals surface area contributed by atoms with Gasteiger partial charge in [0.1, 0.15) is 5.78 Å². The minimum absolute atomic E-state index is 0.195. The average Bonchev–Trinajstić information content (AvgIpc) is 2.89. The fraction of sp³-hybridized carbons (Fsp3) is 0.429. The largest absolute Gasteiger partial charge is 0.339 e. The summed E-state index contributed by atoms with van der Waals surface area (Å²) >= 11 is 0. The second-order valence-corrected chi connectivity index (χ2v) is 5.06. The molecule has 0 bridgehead atoms. The molecule has 1 saturated carbocycles. The second-order valence-electron chi connectivity index (χ2n) is 5.06. The average molecular weight is 257 g/mol. The van der Waals surface area contributed by atoms with Crippen molar-refractivity contribution in [2.75, 3.05) is 0 Å². The first kappa shape index (κ1) is 12.0. The lowest BCUT2D eigenvalue weighted by atomic mass is 9.80. The topological polar surface area (TPSA) is 68.9 Å². The smallest absolute Gasteiger partial charge is 0.230 e. The summed E-state index contributed by atoms with van der Waals surface area (Å²) in [4.78, 5) is 19.8. The third kappa shape index (κ3) is 2.41. The Labute approximate surface area is 111 Å². The summed E-state index contributed by atoms with van der Waals surface area (Å²) in [5.74, 6) is 2.03. The summed E-state index contributed by atoms with van der Waals surface area (Å²) in [7, 11) is 0. The monoisotopic (exact) mass is 257 g/mol. The van der Waals surface area contributed by atoms with Crippen LogP contribution in [0, 0.1) is 5.92 Å². The lowest BCUT2D eigenvalue weighted by molar-refractivity contribution is -0.121.